The first kappa shape index (κ1) is 11.2. The van der Waals surface area contributed by atoms with E-state index in [0.29, 0.717) is 6.10 Å². The molecule has 1 N–H and O–H groups in total. The third-order valence-corrected chi connectivity index (χ3v) is 1.85. The largest absolute Gasteiger partial charge is 0.376 e. The number of rotatable bonds is 5. The number of unbranched alkanes of at least 4 members (excludes halogenated alkanes) is 2. The summed E-state index contributed by atoms with van der Waals surface area (Å²) < 4.78 is 5.52. The number of nitrogens with one attached hydrogen (secondary N) is 1. The van der Waals surface area contributed by atoms with Crippen LogP contribution in [0.4, 0.5) is 0 Å². The molecule has 2 nitrogen and oxygen atoms in total. The van der Waals surface area contributed by atoms with Crippen LogP contribution in [0.15, 0.2) is 0 Å². The van der Waals surface area contributed by atoms with Gasteiger partial charge in [0, 0.05) is 19.7 Å². The highest BCUT2D eigenvalue weighted by molar-refractivity contribution is 5.85. The van der Waals surface area contributed by atoms with Crippen LogP contribution >= 0.6 is 12.4 Å². The van der Waals surface area contributed by atoms with Crippen molar-refractivity contribution < 1.29 is 4.74 Å². The molecule has 0 aromatic heterocycles. The molecule has 0 radical (unpaired) electrons. The van der Waals surface area contributed by atoms with E-state index in [2.05, 4.69) is 12.2 Å². The number of halogens is 1. The standard InChI is InChI=1S/C8H17NO.ClH/c1-2-3-4-5-10-8-6-9-7-8;/h8-9H,2-7H2,1H3;1H. The van der Waals surface area contributed by atoms with Crippen molar-refractivity contribution >= 4 is 12.4 Å². The van der Waals surface area contributed by atoms with Crippen LogP contribution in [0, 0.1) is 0 Å². The Balaban J connectivity index is 0.000001000. The van der Waals surface area contributed by atoms with Crippen molar-refractivity contribution in [1.29, 1.82) is 0 Å². The van der Waals surface area contributed by atoms with Crippen LogP contribution in [0.2, 0.25) is 0 Å². The van der Waals surface area contributed by atoms with Gasteiger partial charge in [-0.05, 0) is 6.42 Å². The van der Waals surface area contributed by atoms with Crippen LogP contribution in [0.25, 0.3) is 0 Å². The van der Waals surface area contributed by atoms with Crippen molar-refractivity contribution in [3.05, 3.63) is 0 Å². The molecule has 68 valence electrons. The molecule has 1 aliphatic rings. The maximum atomic E-state index is 5.52. The topological polar surface area (TPSA) is 21.3 Å². The molecule has 0 saturated carbocycles. The lowest BCUT2D eigenvalue weighted by molar-refractivity contribution is 0.0171. The Morgan fingerprint density at radius 1 is 1.36 bits per heavy atom. The molecular weight excluding hydrogens is 162 g/mol. The summed E-state index contributed by atoms with van der Waals surface area (Å²) in [6, 6.07) is 0. The van der Waals surface area contributed by atoms with Gasteiger partial charge in [0.05, 0.1) is 6.10 Å². The Morgan fingerprint density at radius 3 is 2.55 bits per heavy atom. The van der Waals surface area contributed by atoms with E-state index in [9.17, 15) is 0 Å². The van der Waals surface area contributed by atoms with Crippen molar-refractivity contribution in [2.24, 2.45) is 0 Å². The summed E-state index contributed by atoms with van der Waals surface area (Å²) in [6.45, 7) is 5.29. The second kappa shape index (κ2) is 6.89. The molecule has 0 aliphatic carbocycles. The minimum absolute atomic E-state index is 0. The maximum Gasteiger partial charge on any atom is 0.0823 e. The van der Waals surface area contributed by atoms with Gasteiger partial charge in [-0.25, -0.2) is 0 Å². The minimum atomic E-state index is 0. The lowest BCUT2D eigenvalue weighted by atomic mass is 10.2. The summed E-state index contributed by atoms with van der Waals surface area (Å²) in [4.78, 5) is 0. The molecule has 11 heavy (non-hydrogen) atoms. The Labute approximate surface area is 75.1 Å². The quantitative estimate of drug-likeness (QED) is 0.648. The highest BCUT2D eigenvalue weighted by Gasteiger charge is 2.15. The van der Waals surface area contributed by atoms with E-state index in [0.717, 1.165) is 19.7 Å². The SMILES string of the molecule is CCCCCOC1CNC1.Cl. The molecule has 0 atom stereocenters. The zero-order valence-corrected chi connectivity index (χ0v) is 7.95. The van der Waals surface area contributed by atoms with Crippen molar-refractivity contribution in [3.63, 3.8) is 0 Å². The zero-order valence-electron chi connectivity index (χ0n) is 7.14. The molecule has 0 unspecified atom stereocenters. The van der Waals surface area contributed by atoms with E-state index in [-0.39, 0.29) is 12.4 Å². The van der Waals surface area contributed by atoms with E-state index in [1.165, 1.54) is 19.3 Å². The Bertz CT molecular complexity index is 86.2. The first-order valence-corrected chi connectivity index (χ1v) is 4.26. The van der Waals surface area contributed by atoms with Gasteiger partial charge in [0.2, 0.25) is 0 Å². The highest BCUT2D eigenvalue weighted by Crippen LogP contribution is 2.01. The summed E-state index contributed by atoms with van der Waals surface area (Å²) in [6.07, 6.45) is 4.34. The fraction of sp³-hybridized carbons (Fsp3) is 1.00. The number of ether oxygens (including phenoxy) is 1. The highest BCUT2D eigenvalue weighted by atomic mass is 35.5. The first-order valence-electron chi connectivity index (χ1n) is 4.26. The fourth-order valence-electron chi connectivity index (χ4n) is 0.982. The van der Waals surface area contributed by atoms with E-state index in [1.54, 1.807) is 0 Å². The van der Waals surface area contributed by atoms with Crippen LogP contribution < -0.4 is 5.32 Å². The zero-order chi connectivity index (χ0) is 7.23. The van der Waals surface area contributed by atoms with Gasteiger partial charge in [0.1, 0.15) is 0 Å². The average Bonchev–Trinajstić information content (AvgIpc) is 1.84. The van der Waals surface area contributed by atoms with Crippen molar-refractivity contribution in [1.82, 2.24) is 5.32 Å². The van der Waals surface area contributed by atoms with Gasteiger partial charge >= 0.3 is 0 Å². The maximum absolute atomic E-state index is 5.52. The van der Waals surface area contributed by atoms with Crippen LogP contribution in [0.5, 0.6) is 0 Å². The van der Waals surface area contributed by atoms with E-state index in [1.807, 2.05) is 0 Å². The molecule has 1 saturated heterocycles. The van der Waals surface area contributed by atoms with E-state index < -0.39 is 0 Å². The molecule has 3 heteroatoms. The normalized spacial score (nSPS) is 17.2. The minimum Gasteiger partial charge on any atom is -0.376 e. The van der Waals surface area contributed by atoms with Crippen molar-refractivity contribution in [3.8, 4) is 0 Å². The molecule has 1 rings (SSSR count). The predicted octanol–water partition coefficient (Wildman–Crippen LogP) is 1.59. The third kappa shape index (κ3) is 4.62. The van der Waals surface area contributed by atoms with E-state index in [4.69, 9.17) is 4.74 Å². The summed E-state index contributed by atoms with van der Waals surface area (Å²) in [5, 5.41) is 3.18. The molecular formula is C8H18ClNO. The fourth-order valence-corrected chi connectivity index (χ4v) is 0.982. The molecule has 1 aliphatic heterocycles. The summed E-state index contributed by atoms with van der Waals surface area (Å²) in [5.41, 5.74) is 0. The average molecular weight is 180 g/mol. The second-order valence-corrected chi connectivity index (χ2v) is 2.86. The molecule has 0 aromatic carbocycles. The van der Waals surface area contributed by atoms with Gasteiger partial charge in [-0.2, -0.15) is 0 Å². The molecule has 0 bridgehead atoms. The van der Waals surface area contributed by atoms with Gasteiger partial charge < -0.3 is 10.1 Å². The molecule has 1 heterocycles. The molecule has 0 spiro atoms. The van der Waals surface area contributed by atoms with Crippen LogP contribution in [0.1, 0.15) is 26.2 Å². The Morgan fingerprint density at radius 2 is 2.09 bits per heavy atom. The molecule has 0 aromatic rings. The predicted molar refractivity (Wildman–Crippen MR) is 49.4 cm³/mol. The number of hydrogen-bond donors (Lipinski definition) is 1. The summed E-state index contributed by atoms with van der Waals surface area (Å²) in [5.74, 6) is 0. The van der Waals surface area contributed by atoms with Gasteiger partial charge in [-0.1, -0.05) is 19.8 Å². The van der Waals surface area contributed by atoms with Crippen LogP contribution in [0.3, 0.4) is 0 Å². The smallest absolute Gasteiger partial charge is 0.0823 e. The Hall–Kier alpha value is 0.210. The lowest BCUT2D eigenvalue weighted by Gasteiger charge is -2.26. The lowest BCUT2D eigenvalue weighted by Crippen LogP contribution is -2.48. The van der Waals surface area contributed by atoms with Gasteiger partial charge in [0.25, 0.3) is 0 Å². The second-order valence-electron chi connectivity index (χ2n) is 2.86. The van der Waals surface area contributed by atoms with Crippen LogP contribution in [-0.4, -0.2) is 25.8 Å². The first-order chi connectivity index (χ1) is 4.93. The van der Waals surface area contributed by atoms with E-state index >= 15 is 0 Å². The van der Waals surface area contributed by atoms with Gasteiger partial charge in [0.15, 0.2) is 0 Å². The van der Waals surface area contributed by atoms with Gasteiger partial charge in [-0.3, -0.25) is 0 Å². The molecule has 1 fully saturated rings. The molecule has 0 amide bonds. The van der Waals surface area contributed by atoms with Gasteiger partial charge in [-0.15, -0.1) is 12.4 Å². The Kier molecular flexibility index (Phi) is 7.02. The third-order valence-electron chi connectivity index (χ3n) is 1.85. The van der Waals surface area contributed by atoms with Crippen molar-refractivity contribution in [2.75, 3.05) is 19.7 Å². The number of hydrogen-bond acceptors (Lipinski definition) is 2. The summed E-state index contributed by atoms with van der Waals surface area (Å²) >= 11 is 0. The monoisotopic (exact) mass is 179 g/mol. The van der Waals surface area contributed by atoms with Crippen molar-refractivity contribution in [2.45, 2.75) is 32.3 Å². The van der Waals surface area contributed by atoms with Crippen LogP contribution in [-0.2, 0) is 4.74 Å². The summed E-state index contributed by atoms with van der Waals surface area (Å²) in [7, 11) is 0.